The fourth-order valence-corrected chi connectivity index (χ4v) is 1.52. The molecule has 0 bridgehead atoms. The van der Waals surface area contributed by atoms with Crippen LogP contribution in [0.2, 0.25) is 0 Å². The Kier molecular flexibility index (Phi) is 19.6. The molecular weight excluding hydrogens is 270 g/mol. The van der Waals surface area contributed by atoms with Gasteiger partial charge >= 0.3 is 0 Å². The van der Waals surface area contributed by atoms with Gasteiger partial charge in [0.25, 0.3) is 0 Å². The van der Waals surface area contributed by atoms with Gasteiger partial charge in [0.2, 0.25) is 0 Å². The first kappa shape index (κ1) is 20.8. The van der Waals surface area contributed by atoms with Gasteiger partial charge in [0.15, 0.2) is 0 Å². The largest absolute Gasteiger partial charge is 0.381 e. The Hall–Kier alpha value is -0.200. The van der Waals surface area contributed by atoms with Gasteiger partial charge in [-0.25, -0.2) is 0 Å². The maximum atomic E-state index is 5.43. The molecular formula is C16H34NO4. The highest BCUT2D eigenvalue weighted by atomic mass is 16.5. The molecule has 21 heavy (non-hydrogen) atoms. The smallest absolute Gasteiger partial charge is 0.115 e. The SMILES string of the molecule is CCCCOCCCOC[N]COCCCOCCCC. The van der Waals surface area contributed by atoms with Gasteiger partial charge in [0.05, 0.1) is 13.2 Å². The van der Waals surface area contributed by atoms with Crippen molar-refractivity contribution in [2.75, 3.05) is 53.1 Å². The highest BCUT2D eigenvalue weighted by molar-refractivity contribution is 4.38. The molecule has 0 aromatic rings. The van der Waals surface area contributed by atoms with Crippen molar-refractivity contribution >= 4 is 0 Å². The first-order chi connectivity index (χ1) is 10.4. The van der Waals surface area contributed by atoms with E-state index in [-0.39, 0.29) is 0 Å². The number of hydrogen-bond acceptors (Lipinski definition) is 4. The van der Waals surface area contributed by atoms with Crippen LogP contribution in [0.5, 0.6) is 0 Å². The number of rotatable bonds is 18. The minimum absolute atomic E-state index is 0.405. The van der Waals surface area contributed by atoms with Crippen LogP contribution in [0.1, 0.15) is 52.4 Å². The lowest BCUT2D eigenvalue weighted by Gasteiger charge is -2.07. The van der Waals surface area contributed by atoms with Crippen LogP contribution in [0, 0.1) is 0 Å². The predicted molar refractivity (Wildman–Crippen MR) is 84.5 cm³/mol. The highest BCUT2D eigenvalue weighted by Crippen LogP contribution is 1.91. The Balaban J connectivity index is 2.90. The Labute approximate surface area is 130 Å². The molecule has 0 saturated heterocycles. The van der Waals surface area contributed by atoms with Crippen LogP contribution >= 0.6 is 0 Å². The maximum absolute atomic E-state index is 5.43. The second kappa shape index (κ2) is 19.8. The molecule has 5 heteroatoms. The molecule has 127 valence electrons. The fraction of sp³-hybridized carbons (Fsp3) is 1.00. The summed E-state index contributed by atoms with van der Waals surface area (Å²) in [6.45, 7) is 9.79. The van der Waals surface area contributed by atoms with E-state index in [2.05, 4.69) is 19.2 Å². The summed E-state index contributed by atoms with van der Waals surface area (Å²) in [4.78, 5) is 0. The van der Waals surface area contributed by atoms with E-state index in [0.717, 1.165) is 52.1 Å². The van der Waals surface area contributed by atoms with Crippen molar-refractivity contribution in [2.24, 2.45) is 0 Å². The van der Waals surface area contributed by atoms with E-state index >= 15 is 0 Å². The zero-order valence-electron chi connectivity index (χ0n) is 14.0. The monoisotopic (exact) mass is 304 g/mol. The molecule has 0 saturated carbocycles. The van der Waals surface area contributed by atoms with Crippen LogP contribution in [0.4, 0.5) is 0 Å². The molecule has 0 aliphatic heterocycles. The van der Waals surface area contributed by atoms with Crippen LogP contribution < -0.4 is 5.32 Å². The topological polar surface area (TPSA) is 51.0 Å². The molecule has 0 amide bonds. The molecule has 0 aliphatic carbocycles. The molecule has 5 nitrogen and oxygen atoms in total. The van der Waals surface area contributed by atoms with E-state index in [1.807, 2.05) is 0 Å². The molecule has 0 fully saturated rings. The van der Waals surface area contributed by atoms with Crippen LogP contribution in [0.3, 0.4) is 0 Å². The lowest BCUT2D eigenvalue weighted by molar-refractivity contribution is 0.0348. The van der Waals surface area contributed by atoms with E-state index in [1.54, 1.807) is 0 Å². The third-order valence-corrected chi connectivity index (χ3v) is 2.80. The molecule has 0 aliphatic rings. The molecule has 0 spiro atoms. The fourth-order valence-electron chi connectivity index (χ4n) is 1.52. The average molecular weight is 304 g/mol. The van der Waals surface area contributed by atoms with Crippen LogP contribution in [0.15, 0.2) is 0 Å². The summed E-state index contributed by atoms with van der Waals surface area (Å²) in [5, 5.41) is 4.14. The predicted octanol–water partition coefficient (Wildman–Crippen LogP) is 2.95. The first-order valence-electron chi connectivity index (χ1n) is 8.36. The molecule has 1 radical (unpaired) electrons. The Morgan fingerprint density at radius 2 is 0.905 bits per heavy atom. The number of nitrogens with zero attached hydrogens (tertiary/aromatic N) is 1. The summed E-state index contributed by atoms with van der Waals surface area (Å²) in [5.41, 5.74) is 0. The Bertz CT molecular complexity index is 164. The highest BCUT2D eigenvalue weighted by Gasteiger charge is 1.93. The molecule has 0 rings (SSSR count). The molecule has 0 atom stereocenters. The minimum Gasteiger partial charge on any atom is -0.381 e. The van der Waals surface area contributed by atoms with E-state index in [1.165, 1.54) is 12.8 Å². The molecule has 0 aromatic heterocycles. The molecule has 0 N–H and O–H groups in total. The number of ether oxygens (including phenoxy) is 4. The molecule has 0 unspecified atom stereocenters. The third kappa shape index (κ3) is 19.8. The molecule has 0 heterocycles. The quantitative estimate of drug-likeness (QED) is 0.365. The second-order valence-corrected chi connectivity index (χ2v) is 4.94. The summed E-state index contributed by atoms with van der Waals surface area (Å²) >= 11 is 0. The Morgan fingerprint density at radius 3 is 1.33 bits per heavy atom. The normalized spacial score (nSPS) is 11.1. The van der Waals surface area contributed by atoms with Crippen molar-refractivity contribution in [3.05, 3.63) is 0 Å². The van der Waals surface area contributed by atoms with Crippen molar-refractivity contribution in [3.8, 4) is 0 Å². The van der Waals surface area contributed by atoms with Gasteiger partial charge in [-0.05, 0) is 25.7 Å². The van der Waals surface area contributed by atoms with E-state index in [4.69, 9.17) is 18.9 Å². The first-order valence-corrected chi connectivity index (χ1v) is 8.36. The van der Waals surface area contributed by atoms with E-state index < -0.39 is 0 Å². The zero-order valence-corrected chi connectivity index (χ0v) is 14.0. The average Bonchev–Trinajstić information content (AvgIpc) is 2.50. The van der Waals surface area contributed by atoms with Gasteiger partial charge in [0.1, 0.15) is 13.5 Å². The third-order valence-electron chi connectivity index (χ3n) is 2.80. The van der Waals surface area contributed by atoms with Crippen LogP contribution in [-0.4, -0.2) is 53.1 Å². The minimum atomic E-state index is 0.405. The van der Waals surface area contributed by atoms with E-state index in [0.29, 0.717) is 26.7 Å². The summed E-state index contributed by atoms with van der Waals surface area (Å²) in [6.07, 6.45) is 6.49. The van der Waals surface area contributed by atoms with Gasteiger partial charge in [-0.2, -0.15) is 5.32 Å². The summed E-state index contributed by atoms with van der Waals surface area (Å²) in [7, 11) is 0. The summed E-state index contributed by atoms with van der Waals surface area (Å²) in [5.74, 6) is 0. The summed E-state index contributed by atoms with van der Waals surface area (Å²) in [6, 6.07) is 0. The lowest BCUT2D eigenvalue weighted by atomic mass is 10.4. The van der Waals surface area contributed by atoms with Gasteiger partial charge in [-0.15, -0.1) is 0 Å². The number of unbranched alkanes of at least 4 members (excludes halogenated alkanes) is 2. The van der Waals surface area contributed by atoms with Crippen molar-refractivity contribution in [1.29, 1.82) is 0 Å². The summed E-state index contributed by atoms with van der Waals surface area (Å²) < 4.78 is 21.6. The number of hydrogen-bond donors (Lipinski definition) is 0. The van der Waals surface area contributed by atoms with Gasteiger partial charge < -0.3 is 18.9 Å². The molecule has 0 aromatic carbocycles. The van der Waals surface area contributed by atoms with Gasteiger partial charge in [0, 0.05) is 26.4 Å². The zero-order chi connectivity index (χ0) is 15.4. The van der Waals surface area contributed by atoms with Crippen molar-refractivity contribution in [3.63, 3.8) is 0 Å². The van der Waals surface area contributed by atoms with Crippen molar-refractivity contribution < 1.29 is 18.9 Å². The second-order valence-electron chi connectivity index (χ2n) is 4.94. The van der Waals surface area contributed by atoms with Crippen molar-refractivity contribution in [2.45, 2.75) is 52.4 Å². The van der Waals surface area contributed by atoms with E-state index in [9.17, 15) is 0 Å². The van der Waals surface area contributed by atoms with Crippen LogP contribution in [0.25, 0.3) is 0 Å². The maximum Gasteiger partial charge on any atom is 0.115 e. The van der Waals surface area contributed by atoms with Crippen LogP contribution in [-0.2, 0) is 18.9 Å². The standard InChI is InChI=1S/C16H34NO4/c1-3-5-9-18-11-7-13-20-15-17-16-21-14-8-12-19-10-6-4-2/h3-16H2,1-2H3. The van der Waals surface area contributed by atoms with Gasteiger partial charge in [-0.3, -0.25) is 0 Å². The van der Waals surface area contributed by atoms with Crippen molar-refractivity contribution in [1.82, 2.24) is 5.32 Å². The van der Waals surface area contributed by atoms with Gasteiger partial charge in [-0.1, -0.05) is 26.7 Å². The Morgan fingerprint density at radius 1 is 0.524 bits per heavy atom. The lowest BCUT2D eigenvalue weighted by Crippen LogP contribution is -2.16.